The summed E-state index contributed by atoms with van der Waals surface area (Å²) in [6, 6.07) is 2.13. The molecule has 0 rings (SSSR count). The van der Waals surface area contributed by atoms with Gasteiger partial charge >= 0.3 is 0 Å². The van der Waals surface area contributed by atoms with Gasteiger partial charge in [0, 0.05) is 17.6 Å². The predicted molar refractivity (Wildman–Crippen MR) is 45.7 cm³/mol. The van der Waals surface area contributed by atoms with E-state index in [1.807, 2.05) is 6.92 Å². The fourth-order valence-electron chi connectivity index (χ4n) is 0.470. The van der Waals surface area contributed by atoms with Gasteiger partial charge in [0.05, 0.1) is 12.0 Å². The van der Waals surface area contributed by atoms with E-state index in [2.05, 4.69) is 33.9 Å². The summed E-state index contributed by atoms with van der Waals surface area (Å²) in [6.07, 6.45) is 0. The average molecular weight is 203 g/mol. The molecule has 0 amide bonds. The van der Waals surface area contributed by atoms with Crippen LogP contribution in [0.2, 0.25) is 0 Å². The molecule has 1 N–H and O–H groups in total. The molecule has 0 saturated heterocycles. The molecule has 0 bridgehead atoms. The van der Waals surface area contributed by atoms with E-state index >= 15 is 0 Å². The Morgan fingerprint density at radius 3 is 2.90 bits per heavy atom. The largest absolute Gasteiger partial charge is 0.311 e. The van der Waals surface area contributed by atoms with Crippen molar-refractivity contribution < 1.29 is 0 Å². The van der Waals surface area contributed by atoms with Gasteiger partial charge in [-0.25, -0.2) is 0 Å². The highest BCUT2D eigenvalue weighted by molar-refractivity contribution is 9.11. The molecule has 0 aromatic rings. The molecule has 0 aliphatic rings. The lowest BCUT2D eigenvalue weighted by Crippen LogP contribution is -2.21. The van der Waals surface area contributed by atoms with E-state index in [0.717, 1.165) is 17.6 Å². The van der Waals surface area contributed by atoms with Gasteiger partial charge in [0.15, 0.2) is 0 Å². The first-order chi connectivity index (χ1) is 4.66. The molecule has 0 heterocycles. The molecular weight excluding hydrogens is 192 g/mol. The topological polar surface area (TPSA) is 35.8 Å². The zero-order valence-corrected chi connectivity index (χ0v) is 7.61. The van der Waals surface area contributed by atoms with Crippen LogP contribution in [0.1, 0.15) is 6.92 Å². The number of rotatable bonds is 4. The number of nitrogens with one attached hydrogen (secondary N) is 1. The van der Waals surface area contributed by atoms with Gasteiger partial charge in [-0.05, 0) is 6.92 Å². The summed E-state index contributed by atoms with van der Waals surface area (Å²) in [6.45, 7) is 6.98. The molecule has 10 heavy (non-hydrogen) atoms. The van der Waals surface area contributed by atoms with E-state index in [1.54, 1.807) is 0 Å². The zero-order chi connectivity index (χ0) is 7.98. The van der Waals surface area contributed by atoms with Crippen molar-refractivity contribution >= 4 is 15.9 Å². The molecule has 0 spiro atoms. The van der Waals surface area contributed by atoms with Crippen LogP contribution in [0.4, 0.5) is 0 Å². The Balaban J connectivity index is 3.22. The molecule has 0 aromatic heterocycles. The van der Waals surface area contributed by atoms with Crippen molar-refractivity contribution in [2.45, 2.75) is 6.92 Å². The third-order valence-corrected chi connectivity index (χ3v) is 1.27. The van der Waals surface area contributed by atoms with E-state index in [9.17, 15) is 0 Å². The Kier molecular flexibility index (Phi) is 5.27. The van der Waals surface area contributed by atoms with Gasteiger partial charge in [0.25, 0.3) is 0 Å². The first kappa shape index (κ1) is 9.67. The molecule has 1 unspecified atom stereocenters. The molecule has 0 saturated carbocycles. The highest BCUT2D eigenvalue weighted by atomic mass is 79.9. The lowest BCUT2D eigenvalue weighted by Gasteiger charge is -2.02. The van der Waals surface area contributed by atoms with Gasteiger partial charge in [-0.2, -0.15) is 5.26 Å². The maximum absolute atomic E-state index is 8.38. The standard InChI is InChI=1S/C7H11BrN2/c1-6(3-9)4-10-5-7(2)8/h6,10H,2,4-5H2,1H3. The smallest absolute Gasteiger partial charge is 0.0666 e. The third-order valence-electron chi connectivity index (χ3n) is 0.988. The van der Waals surface area contributed by atoms with Gasteiger partial charge in [-0.1, -0.05) is 22.5 Å². The fourth-order valence-corrected chi connectivity index (χ4v) is 0.668. The summed E-state index contributed by atoms with van der Waals surface area (Å²) in [5.74, 6) is 0.0758. The van der Waals surface area contributed by atoms with Crippen LogP contribution in [0, 0.1) is 17.2 Å². The molecule has 56 valence electrons. The predicted octanol–water partition coefficient (Wildman–Crippen LogP) is 1.64. The Morgan fingerprint density at radius 2 is 2.50 bits per heavy atom. The van der Waals surface area contributed by atoms with Crippen LogP contribution in [0.3, 0.4) is 0 Å². The minimum absolute atomic E-state index is 0.0758. The first-order valence-electron chi connectivity index (χ1n) is 3.10. The molecule has 0 aromatic carbocycles. The van der Waals surface area contributed by atoms with Crippen LogP contribution in [0.5, 0.6) is 0 Å². The Labute approximate surface area is 70.0 Å². The molecular formula is C7H11BrN2. The molecule has 0 aliphatic carbocycles. The molecule has 1 atom stereocenters. The summed E-state index contributed by atoms with van der Waals surface area (Å²) < 4.78 is 0.914. The number of hydrogen-bond acceptors (Lipinski definition) is 2. The lowest BCUT2D eigenvalue weighted by molar-refractivity contribution is 0.634. The highest BCUT2D eigenvalue weighted by Gasteiger charge is 1.96. The van der Waals surface area contributed by atoms with E-state index in [4.69, 9.17) is 5.26 Å². The summed E-state index contributed by atoms with van der Waals surface area (Å²) in [5, 5.41) is 11.4. The first-order valence-corrected chi connectivity index (χ1v) is 3.89. The van der Waals surface area contributed by atoms with Crippen molar-refractivity contribution in [3.05, 3.63) is 11.1 Å². The highest BCUT2D eigenvalue weighted by Crippen LogP contribution is 1.97. The van der Waals surface area contributed by atoms with Crippen LogP contribution in [-0.2, 0) is 0 Å². The second-order valence-electron chi connectivity index (χ2n) is 2.18. The van der Waals surface area contributed by atoms with Gasteiger partial charge in [0.2, 0.25) is 0 Å². The monoisotopic (exact) mass is 202 g/mol. The third kappa shape index (κ3) is 5.80. The van der Waals surface area contributed by atoms with E-state index in [-0.39, 0.29) is 5.92 Å². The Morgan fingerprint density at radius 1 is 1.90 bits per heavy atom. The van der Waals surface area contributed by atoms with Crippen LogP contribution in [0.15, 0.2) is 11.1 Å². The van der Waals surface area contributed by atoms with Crippen molar-refractivity contribution in [3.8, 4) is 6.07 Å². The second-order valence-corrected chi connectivity index (χ2v) is 3.30. The summed E-state index contributed by atoms with van der Waals surface area (Å²) in [5.41, 5.74) is 0. The number of nitrogens with zero attached hydrogens (tertiary/aromatic N) is 1. The van der Waals surface area contributed by atoms with Crippen LogP contribution in [0.25, 0.3) is 0 Å². The van der Waals surface area contributed by atoms with E-state index in [1.165, 1.54) is 0 Å². The van der Waals surface area contributed by atoms with Gasteiger partial charge < -0.3 is 5.32 Å². The molecule has 0 fully saturated rings. The second kappa shape index (κ2) is 5.45. The Bertz CT molecular complexity index is 148. The molecule has 0 radical (unpaired) electrons. The SMILES string of the molecule is C=C(Br)CNCC(C)C#N. The van der Waals surface area contributed by atoms with Crippen LogP contribution < -0.4 is 5.32 Å². The average Bonchev–Trinajstić information content (AvgIpc) is 1.87. The van der Waals surface area contributed by atoms with E-state index in [0.29, 0.717) is 0 Å². The minimum atomic E-state index is 0.0758. The maximum atomic E-state index is 8.38. The number of hydrogen-bond donors (Lipinski definition) is 1. The van der Waals surface area contributed by atoms with Crippen molar-refractivity contribution in [3.63, 3.8) is 0 Å². The van der Waals surface area contributed by atoms with Gasteiger partial charge in [-0.15, -0.1) is 0 Å². The van der Waals surface area contributed by atoms with Crippen LogP contribution in [-0.4, -0.2) is 13.1 Å². The molecule has 0 aliphatic heterocycles. The summed E-state index contributed by atoms with van der Waals surface area (Å²) >= 11 is 3.21. The Hall–Kier alpha value is -0.330. The lowest BCUT2D eigenvalue weighted by atomic mass is 10.2. The quantitative estimate of drug-likeness (QED) is 0.753. The summed E-state index contributed by atoms with van der Waals surface area (Å²) in [4.78, 5) is 0. The van der Waals surface area contributed by atoms with Crippen molar-refractivity contribution in [1.29, 1.82) is 5.26 Å². The summed E-state index contributed by atoms with van der Waals surface area (Å²) in [7, 11) is 0. The van der Waals surface area contributed by atoms with Crippen molar-refractivity contribution in [1.82, 2.24) is 5.32 Å². The van der Waals surface area contributed by atoms with Crippen LogP contribution >= 0.6 is 15.9 Å². The van der Waals surface area contributed by atoms with Gasteiger partial charge in [0.1, 0.15) is 0 Å². The minimum Gasteiger partial charge on any atom is -0.311 e. The zero-order valence-electron chi connectivity index (χ0n) is 6.02. The molecule has 2 nitrogen and oxygen atoms in total. The van der Waals surface area contributed by atoms with Gasteiger partial charge in [-0.3, -0.25) is 0 Å². The molecule has 3 heteroatoms. The van der Waals surface area contributed by atoms with Crippen molar-refractivity contribution in [2.75, 3.05) is 13.1 Å². The normalized spacial score (nSPS) is 12.1. The van der Waals surface area contributed by atoms with E-state index < -0.39 is 0 Å². The fraction of sp³-hybridized carbons (Fsp3) is 0.571. The number of halogens is 1. The number of nitriles is 1. The van der Waals surface area contributed by atoms with Crippen molar-refractivity contribution in [2.24, 2.45) is 5.92 Å². The maximum Gasteiger partial charge on any atom is 0.0666 e.